The summed E-state index contributed by atoms with van der Waals surface area (Å²) in [6, 6.07) is 15.0. The number of nitrogens with one attached hydrogen (secondary N) is 1. The maximum Gasteiger partial charge on any atom is 0.243 e. The summed E-state index contributed by atoms with van der Waals surface area (Å²) in [6.07, 6.45) is 6.56. The molecule has 2 saturated heterocycles. The number of rotatable bonds is 7. The first-order valence-corrected chi connectivity index (χ1v) is 12.7. The first kappa shape index (κ1) is 21.8. The van der Waals surface area contributed by atoms with E-state index in [0.29, 0.717) is 30.8 Å². The lowest BCUT2D eigenvalue weighted by Crippen LogP contribution is -2.29. The summed E-state index contributed by atoms with van der Waals surface area (Å²) in [6.45, 7) is 3.40. The van der Waals surface area contributed by atoms with Crippen LogP contribution in [0, 0.1) is 0 Å². The number of sulfonamides is 1. The first-order valence-electron chi connectivity index (χ1n) is 11.3. The van der Waals surface area contributed by atoms with Gasteiger partial charge in [-0.2, -0.15) is 4.31 Å². The van der Waals surface area contributed by atoms with Gasteiger partial charge in [-0.15, -0.1) is 0 Å². The van der Waals surface area contributed by atoms with Gasteiger partial charge in [-0.3, -0.25) is 4.79 Å². The van der Waals surface area contributed by atoms with Crippen molar-refractivity contribution in [2.75, 3.05) is 36.4 Å². The minimum atomic E-state index is -3.39. The highest BCUT2D eigenvalue weighted by Crippen LogP contribution is 2.23. The van der Waals surface area contributed by atoms with Crippen molar-refractivity contribution in [3.05, 3.63) is 54.1 Å². The fourth-order valence-electron chi connectivity index (χ4n) is 4.29. The van der Waals surface area contributed by atoms with Crippen molar-refractivity contribution in [1.82, 2.24) is 4.31 Å². The van der Waals surface area contributed by atoms with Crippen molar-refractivity contribution in [1.29, 1.82) is 0 Å². The molecule has 0 aliphatic carbocycles. The maximum atomic E-state index is 12.6. The van der Waals surface area contributed by atoms with Gasteiger partial charge in [-0.1, -0.05) is 12.1 Å². The van der Waals surface area contributed by atoms with E-state index in [1.54, 1.807) is 16.4 Å². The molecule has 7 heteroatoms. The van der Waals surface area contributed by atoms with Gasteiger partial charge in [0, 0.05) is 44.0 Å². The molecule has 2 aromatic carbocycles. The molecule has 0 radical (unpaired) electrons. The molecule has 0 bridgehead atoms. The van der Waals surface area contributed by atoms with Crippen LogP contribution in [0.3, 0.4) is 0 Å². The number of hydrogen-bond donors (Lipinski definition) is 1. The van der Waals surface area contributed by atoms with Crippen LogP contribution in [0.15, 0.2) is 53.4 Å². The van der Waals surface area contributed by atoms with Gasteiger partial charge < -0.3 is 10.2 Å². The molecule has 1 N–H and O–H groups in total. The number of carbonyl (C=O) groups excluding carboxylic acids is 1. The van der Waals surface area contributed by atoms with Crippen LogP contribution < -0.4 is 10.2 Å². The second-order valence-electron chi connectivity index (χ2n) is 8.40. The number of nitrogens with zero attached hydrogens (tertiary/aromatic N) is 2. The smallest absolute Gasteiger partial charge is 0.243 e. The zero-order chi connectivity index (χ0) is 21.7. The summed E-state index contributed by atoms with van der Waals surface area (Å²) in [7, 11) is -3.39. The van der Waals surface area contributed by atoms with Crippen LogP contribution in [0.1, 0.15) is 44.1 Å². The molecule has 2 heterocycles. The monoisotopic (exact) mass is 441 g/mol. The second-order valence-corrected chi connectivity index (χ2v) is 10.3. The number of benzene rings is 2. The van der Waals surface area contributed by atoms with E-state index in [9.17, 15) is 13.2 Å². The Bertz CT molecular complexity index is 976. The van der Waals surface area contributed by atoms with Gasteiger partial charge in [-0.25, -0.2) is 8.42 Å². The van der Waals surface area contributed by atoms with Crippen molar-refractivity contribution < 1.29 is 13.2 Å². The number of carbonyl (C=O) groups is 1. The molecule has 2 fully saturated rings. The quantitative estimate of drug-likeness (QED) is 0.704. The third kappa shape index (κ3) is 5.46. The Kier molecular flexibility index (Phi) is 6.92. The Balaban J connectivity index is 1.27. The molecule has 4 rings (SSSR count). The van der Waals surface area contributed by atoms with Gasteiger partial charge in [-0.05, 0) is 80.5 Å². The van der Waals surface area contributed by atoms with E-state index in [0.717, 1.165) is 37.2 Å². The SMILES string of the molecule is O=C(CCc1ccc(S(=O)(=O)N2CCCC2)cc1)Nc1ccc(N2CCCCC2)cc1. The predicted molar refractivity (Wildman–Crippen MR) is 124 cm³/mol. The highest BCUT2D eigenvalue weighted by molar-refractivity contribution is 7.89. The normalized spacial score (nSPS) is 17.6. The predicted octanol–water partition coefficient (Wildman–Crippen LogP) is 4.03. The lowest BCUT2D eigenvalue weighted by atomic mass is 10.1. The van der Waals surface area contributed by atoms with E-state index in [2.05, 4.69) is 22.3 Å². The molecule has 2 aromatic rings. The van der Waals surface area contributed by atoms with Gasteiger partial charge in [0.25, 0.3) is 0 Å². The van der Waals surface area contributed by atoms with Crippen molar-refractivity contribution >= 4 is 27.3 Å². The zero-order valence-electron chi connectivity index (χ0n) is 17.9. The third-order valence-corrected chi connectivity index (χ3v) is 8.05. The van der Waals surface area contributed by atoms with Gasteiger partial charge in [0.05, 0.1) is 4.90 Å². The fourth-order valence-corrected chi connectivity index (χ4v) is 5.81. The van der Waals surface area contributed by atoms with Crippen LogP contribution in [-0.2, 0) is 21.2 Å². The lowest BCUT2D eigenvalue weighted by molar-refractivity contribution is -0.116. The standard InChI is InChI=1S/C24H31N3O3S/c28-24(25-21-9-11-22(12-10-21)26-16-2-1-3-17-26)15-8-20-6-13-23(14-7-20)31(29,30)27-18-4-5-19-27/h6-7,9-14H,1-5,8,15-19H2,(H,25,28). The van der Waals surface area contributed by atoms with Gasteiger partial charge in [0.2, 0.25) is 15.9 Å². The number of anilines is 2. The Hall–Kier alpha value is -2.38. The van der Waals surface area contributed by atoms with Crippen LogP contribution >= 0.6 is 0 Å². The number of amides is 1. The number of aryl methyl sites for hydroxylation is 1. The molecule has 31 heavy (non-hydrogen) atoms. The van der Waals surface area contributed by atoms with Crippen molar-refractivity contribution in [2.24, 2.45) is 0 Å². The molecule has 166 valence electrons. The molecule has 6 nitrogen and oxygen atoms in total. The van der Waals surface area contributed by atoms with Gasteiger partial charge in [0.15, 0.2) is 0 Å². The summed E-state index contributed by atoms with van der Waals surface area (Å²) in [5.41, 5.74) is 2.97. The molecule has 1 amide bonds. The Labute approximate surface area is 185 Å². The molecule has 0 atom stereocenters. The topological polar surface area (TPSA) is 69.7 Å². The molecular formula is C24H31N3O3S. The molecule has 0 aromatic heterocycles. The Morgan fingerprint density at radius 3 is 2.06 bits per heavy atom. The largest absolute Gasteiger partial charge is 0.372 e. The van der Waals surface area contributed by atoms with Crippen LogP contribution in [0.4, 0.5) is 11.4 Å². The highest BCUT2D eigenvalue weighted by Gasteiger charge is 2.26. The zero-order valence-corrected chi connectivity index (χ0v) is 18.7. The lowest BCUT2D eigenvalue weighted by Gasteiger charge is -2.28. The van der Waals surface area contributed by atoms with E-state index in [-0.39, 0.29) is 5.91 Å². The van der Waals surface area contributed by atoms with Crippen molar-refractivity contribution in [2.45, 2.75) is 49.8 Å². The highest BCUT2D eigenvalue weighted by atomic mass is 32.2. The van der Waals surface area contributed by atoms with Crippen LogP contribution in [0.2, 0.25) is 0 Å². The average Bonchev–Trinajstić information content (AvgIpc) is 3.35. The molecule has 0 spiro atoms. The van der Waals surface area contributed by atoms with Crippen LogP contribution in [0.5, 0.6) is 0 Å². The Morgan fingerprint density at radius 2 is 1.42 bits per heavy atom. The average molecular weight is 442 g/mol. The van der Waals surface area contributed by atoms with Crippen molar-refractivity contribution in [3.63, 3.8) is 0 Å². The molecule has 2 aliphatic rings. The Morgan fingerprint density at radius 1 is 0.806 bits per heavy atom. The minimum Gasteiger partial charge on any atom is -0.372 e. The minimum absolute atomic E-state index is 0.0421. The molecular weight excluding hydrogens is 410 g/mol. The van der Waals surface area contributed by atoms with E-state index < -0.39 is 10.0 Å². The molecule has 2 aliphatic heterocycles. The van der Waals surface area contributed by atoms with Crippen LogP contribution in [-0.4, -0.2) is 44.8 Å². The summed E-state index contributed by atoms with van der Waals surface area (Å²) in [5, 5.41) is 2.96. The van der Waals surface area contributed by atoms with Crippen LogP contribution in [0.25, 0.3) is 0 Å². The summed E-state index contributed by atoms with van der Waals surface area (Å²) in [4.78, 5) is 15.1. The fraction of sp³-hybridized carbons (Fsp3) is 0.458. The molecule has 0 unspecified atom stereocenters. The number of piperidine rings is 1. The van der Waals surface area contributed by atoms with E-state index in [1.165, 1.54) is 24.9 Å². The van der Waals surface area contributed by atoms with E-state index >= 15 is 0 Å². The molecule has 0 saturated carbocycles. The van der Waals surface area contributed by atoms with Gasteiger partial charge in [0.1, 0.15) is 0 Å². The van der Waals surface area contributed by atoms with Crippen molar-refractivity contribution in [3.8, 4) is 0 Å². The first-order chi connectivity index (χ1) is 15.0. The number of hydrogen-bond acceptors (Lipinski definition) is 4. The second kappa shape index (κ2) is 9.83. The maximum absolute atomic E-state index is 12.6. The van der Waals surface area contributed by atoms with E-state index in [1.807, 2.05) is 24.3 Å². The summed E-state index contributed by atoms with van der Waals surface area (Å²) >= 11 is 0. The third-order valence-electron chi connectivity index (χ3n) is 6.14. The summed E-state index contributed by atoms with van der Waals surface area (Å²) in [5.74, 6) is -0.0421. The van der Waals surface area contributed by atoms with E-state index in [4.69, 9.17) is 0 Å². The summed E-state index contributed by atoms with van der Waals surface area (Å²) < 4.78 is 26.7. The van der Waals surface area contributed by atoms with Gasteiger partial charge >= 0.3 is 0 Å².